The molecule has 1 heterocycles. The number of rotatable bonds is 4. The van der Waals surface area contributed by atoms with Crippen LogP contribution in [0.5, 0.6) is 11.5 Å². The van der Waals surface area contributed by atoms with Crippen LogP contribution in [0.3, 0.4) is 0 Å². The number of fused-ring (bicyclic) bond motifs is 1. The van der Waals surface area contributed by atoms with Crippen molar-refractivity contribution in [1.82, 2.24) is 0 Å². The van der Waals surface area contributed by atoms with Gasteiger partial charge in [0, 0.05) is 17.5 Å². The van der Waals surface area contributed by atoms with E-state index in [1.54, 1.807) is 7.11 Å². The molecule has 3 nitrogen and oxygen atoms in total. The van der Waals surface area contributed by atoms with Crippen molar-refractivity contribution in [3.05, 3.63) is 59.7 Å². The van der Waals surface area contributed by atoms with Crippen LogP contribution in [0.2, 0.25) is 0 Å². The molecule has 0 fully saturated rings. The van der Waals surface area contributed by atoms with Gasteiger partial charge in [-0.25, -0.2) is 0 Å². The van der Waals surface area contributed by atoms with E-state index < -0.39 is 0 Å². The largest absolute Gasteiger partial charge is 0.496 e. The van der Waals surface area contributed by atoms with Gasteiger partial charge < -0.3 is 15.2 Å². The third-order valence-electron chi connectivity index (χ3n) is 4.41. The van der Waals surface area contributed by atoms with E-state index in [1.165, 1.54) is 11.1 Å². The van der Waals surface area contributed by atoms with Gasteiger partial charge in [-0.3, -0.25) is 0 Å². The van der Waals surface area contributed by atoms with Crippen molar-refractivity contribution in [2.45, 2.75) is 18.3 Å². The first-order chi connectivity index (χ1) is 10.3. The molecule has 0 radical (unpaired) electrons. The third kappa shape index (κ3) is 2.49. The summed E-state index contributed by atoms with van der Waals surface area (Å²) in [6.45, 7) is 1.31. The van der Waals surface area contributed by atoms with Crippen molar-refractivity contribution in [1.29, 1.82) is 0 Å². The molecule has 1 aliphatic rings. The summed E-state index contributed by atoms with van der Waals surface area (Å²) in [6, 6.07) is 16.4. The lowest BCUT2D eigenvalue weighted by Crippen LogP contribution is -2.41. The Hall–Kier alpha value is -2.00. The second-order valence-corrected chi connectivity index (χ2v) is 5.57. The van der Waals surface area contributed by atoms with E-state index in [4.69, 9.17) is 15.2 Å². The molecule has 0 saturated heterocycles. The number of para-hydroxylation sites is 2. The van der Waals surface area contributed by atoms with Crippen molar-refractivity contribution in [3.63, 3.8) is 0 Å². The van der Waals surface area contributed by atoms with Crippen molar-refractivity contribution in [2.75, 3.05) is 20.3 Å². The maximum Gasteiger partial charge on any atom is 0.123 e. The molecule has 0 spiro atoms. The smallest absolute Gasteiger partial charge is 0.123 e. The van der Waals surface area contributed by atoms with Gasteiger partial charge in [0.05, 0.1) is 13.7 Å². The van der Waals surface area contributed by atoms with Crippen molar-refractivity contribution >= 4 is 0 Å². The molecule has 0 saturated carbocycles. The quantitative estimate of drug-likeness (QED) is 0.938. The fourth-order valence-electron chi connectivity index (χ4n) is 3.20. The van der Waals surface area contributed by atoms with Crippen LogP contribution in [-0.2, 0) is 11.8 Å². The predicted molar refractivity (Wildman–Crippen MR) is 84.0 cm³/mol. The first-order valence-electron chi connectivity index (χ1n) is 7.33. The summed E-state index contributed by atoms with van der Waals surface area (Å²) in [5.74, 6) is 1.89. The molecule has 1 aliphatic heterocycles. The fraction of sp³-hybridized carbons (Fsp3) is 0.333. The van der Waals surface area contributed by atoms with Crippen LogP contribution in [0.1, 0.15) is 17.5 Å². The van der Waals surface area contributed by atoms with E-state index in [0.29, 0.717) is 13.2 Å². The topological polar surface area (TPSA) is 44.5 Å². The van der Waals surface area contributed by atoms with Crippen LogP contribution in [0.4, 0.5) is 0 Å². The maximum atomic E-state index is 6.20. The lowest BCUT2D eigenvalue weighted by molar-refractivity contribution is 0.214. The number of methoxy groups -OCH3 is 1. The van der Waals surface area contributed by atoms with Gasteiger partial charge >= 0.3 is 0 Å². The van der Waals surface area contributed by atoms with Crippen LogP contribution < -0.4 is 15.2 Å². The molecule has 1 unspecified atom stereocenters. The number of hydrogen-bond donors (Lipinski definition) is 1. The van der Waals surface area contributed by atoms with Gasteiger partial charge in [0.15, 0.2) is 0 Å². The fourth-order valence-corrected chi connectivity index (χ4v) is 3.20. The van der Waals surface area contributed by atoms with Crippen molar-refractivity contribution < 1.29 is 9.47 Å². The first-order valence-corrected chi connectivity index (χ1v) is 7.33. The average molecular weight is 283 g/mol. The second-order valence-electron chi connectivity index (χ2n) is 5.57. The normalized spacial score (nSPS) is 20.5. The minimum Gasteiger partial charge on any atom is -0.496 e. The SMILES string of the molecule is COc1ccccc1CC1(CN)CCOc2ccccc21. The zero-order valence-electron chi connectivity index (χ0n) is 12.3. The summed E-state index contributed by atoms with van der Waals surface area (Å²) in [6.07, 6.45) is 1.80. The van der Waals surface area contributed by atoms with E-state index in [2.05, 4.69) is 18.2 Å². The minimum atomic E-state index is -0.0799. The summed E-state index contributed by atoms with van der Waals surface area (Å²) in [5, 5.41) is 0. The van der Waals surface area contributed by atoms with Crippen LogP contribution in [-0.4, -0.2) is 20.3 Å². The van der Waals surface area contributed by atoms with Gasteiger partial charge in [0.1, 0.15) is 11.5 Å². The Morgan fingerprint density at radius 3 is 2.71 bits per heavy atom. The Morgan fingerprint density at radius 1 is 1.14 bits per heavy atom. The summed E-state index contributed by atoms with van der Waals surface area (Å²) in [7, 11) is 1.71. The molecule has 110 valence electrons. The second kappa shape index (κ2) is 5.78. The molecule has 0 bridgehead atoms. The van der Waals surface area contributed by atoms with Crippen LogP contribution in [0, 0.1) is 0 Å². The average Bonchev–Trinajstić information content (AvgIpc) is 2.55. The highest BCUT2D eigenvalue weighted by atomic mass is 16.5. The van der Waals surface area contributed by atoms with Gasteiger partial charge in [0.25, 0.3) is 0 Å². The highest BCUT2D eigenvalue weighted by Gasteiger charge is 2.37. The van der Waals surface area contributed by atoms with Crippen molar-refractivity contribution in [2.24, 2.45) is 5.73 Å². The van der Waals surface area contributed by atoms with E-state index in [1.807, 2.05) is 30.3 Å². The Balaban J connectivity index is 2.02. The van der Waals surface area contributed by atoms with Gasteiger partial charge in [0.2, 0.25) is 0 Å². The van der Waals surface area contributed by atoms with E-state index >= 15 is 0 Å². The summed E-state index contributed by atoms with van der Waals surface area (Å²) >= 11 is 0. The molecule has 0 aliphatic carbocycles. The number of nitrogens with two attached hydrogens (primary N) is 1. The molecule has 0 aromatic heterocycles. The molecule has 1 atom stereocenters. The molecule has 0 amide bonds. The Labute approximate surface area is 125 Å². The van der Waals surface area contributed by atoms with Crippen molar-refractivity contribution in [3.8, 4) is 11.5 Å². The van der Waals surface area contributed by atoms with Gasteiger partial charge in [-0.2, -0.15) is 0 Å². The molecular weight excluding hydrogens is 262 g/mol. The van der Waals surface area contributed by atoms with E-state index in [0.717, 1.165) is 24.3 Å². The van der Waals surface area contributed by atoms with Gasteiger partial charge in [-0.15, -0.1) is 0 Å². The van der Waals surface area contributed by atoms with Crippen LogP contribution in [0.15, 0.2) is 48.5 Å². The molecular formula is C18H21NO2. The van der Waals surface area contributed by atoms with E-state index in [-0.39, 0.29) is 5.41 Å². The van der Waals surface area contributed by atoms with Crippen LogP contribution in [0.25, 0.3) is 0 Å². The first kappa shape index (κ1) is 14.0. The monoisotopic (exact) mass is 283 g/mol. The molecule has 3 heteroatoms. The number of hydrogen-bond acceptors (Lipinski definition) is 3. The highest BCUT2D eigenvalue weighted by Crippen LogP contribution is 2.41. The Bertz CT molecular complexity index is 626. The Morgan fingerprint density at radius 2 is 1.90 bits per heavy atom. The zero-order valence-corrected chi connectivity index (χ0v) is 12.3. The lowest BCUT2D eigenvalue weighted by Gasteiger charge is -2.38. The van der Waals surface area contributed by atoms with E-state index in [9.17, 15) is 0 Å². The highest BCUT2D eigenvalue weighted by molar-refractivity contribution is 5.45. The molecule has 2 N–H and O–H groups in total. The van der Waals surface area contributed by atoms with Gasteiger partial charge in [-0.1, -0.05) is 36.4 Å². The molecule has 21 heavy (non-hydrogen) atoms. The van der Waals surface area contributed by atoms with Crippen LogP contribution >= 0.6 is 0 Å². The molecule has 2 aromatic rings. The lowest BCUT2D eigenvalue weighted by atomic mass is 9.71. The summed E-state index contributed by atoms with van der Waals surface area (Å²) < 4.78 is 11.3. The zero-order chi connectivity index (χ0) is 14.7. The Kier molecular flexibility index (Phi) is 3.84. The molecule has 3 rings (SSSR count). The number of benzene rings is 2. The molecule has 2 aromatic carbocycles. The maximum absolute atomic E-state index is 6.20. The summed E-state index contributed by atoms with van der Waals surface area (Å²) in [4.78, 5) is 0. The van der Waals surface area contributed by atoms with Gasteiger partial charge in [-0.05, 0) is 30.5 Å². The minimum absolute atomic E-state index is 0.0799. The third-order valence-corrected chi connectivity index (χ3v) is 4.41. The standard InChI is InChI=1S/C18H21NO2/c1-20-16-8-4-2-6-14(16)12-18(13-19)10-11-21-17-9-5-3-7-15(17)18/h2-9H,10-13,19H2,1H3. The number of ether oxygens (including phenoxy) is 2. The predicted octanol–water partition coefficient (Wildman–Crippen LogP) is 2.92. The summed E-state index contributed by atoms with van der Waals surface area (Å²) in [5.41, 5.74) is 8.53.